The van der Waals surface area contributed by atoms with Gasteiger partial charge in [0.25, 0.3) is 5.92 Å². The molecule has 0 unspecified atom stereocenters. The summed E-state index contributed by atoms with van der Waals surface area (Å²) in [5, 5.41) is 12.4. The van der Waals surface area contributed by atoms with E-state index in [2.05, 4.69) is 30.1 Å². The van der Waals surface area contributed by atoms with Gasteiger partial charge in [-0.3, -0.25) is 4.99 Å². The first-order valence-corrected chi connectivity index (χ1v) is 12.4. The Morgan fingerprint density at radius 2 is 2.11 bits per heavy atom. The summed E-state index contributed by atoms with van der Waals surface area (Å²) in [5.41, 5.74) is 6.69. The Morgan fingerprint density at radius 1 is 1.33 bits per heavy atom. The molecule has 1 saturated carbocycles. The molecule has 1 aliphatic carbocycles. The van der Waals surface area contributed by atoms with Crippen molar-refractivity contribution in [3.05, 3.63) is 47.6 Å². The van der Waals surface area contributed by atoms with E-state index in [1.807, 2.05) is 29.8 Å². The highest BCUT2D eigenvalue weighted by Crippen LogP contribution is 2.54. The van der Waals surface area contributed by atoms with Crippen LogP contribution >= 0.6 is 11.6 Å². The first-order chi connectivity index (χ1) is 17.2. The van der Waals surface area contributed by atoms with Crippen LogP contribution in [0.5, 0.6) is 0 Å². The molecular formula is C25H29ClF2N8. The van der Waals surface area contributed by atoms with E-state index in [-0.39, 0.29) is 6.04 Å². The lowest BCUT2D eigenvalue weighted by Gasteiger charge is -2.45. The van der Waals surface area contributed by atoms with Crippen LogP contribution in [0.3, 0.4) is 0 Å². The van der Waals surface area contributed by atoms with E-state index in [0.29, 0.717) is 41.2 Å². The molecule has 36 heavy (non-hydrogen) atoms. The van der Waals surface area contributed by atoms with Crippen LogP contribution in [0.15, 0.2) is 41.8 Å². The van der Waals surface area contributed by atoms with Crippen LogP contribution in [-0.2, 0) is 12.0 Å². The molecule has 11 heteroatoms. The highest BCUT2D eigenvalue weighted by Gasteiger charge is 2.58. The number of fused-ring (bicyclic) bond motifs is 3. The third-order valence-electron chi connectivity index (χ3n) is 7.44. The Labute approximate surface area is 213 Å². The van der Waals surface area contributed by atoms with Gasteiger partial charge < -0.3 is 20.2 Å². The fraction of sp³-hybridized carbons (Fsp3) is 0.440. The van der Waals surface area contributed by atoms with Crippen molar-refractivity contribution in [3.63, 3.8) is 0 Å². The molecule has 0 radical (unpaired) electrons. The van der Waals surface area contributed by atoms with E-state index in [0.717, 1.165) is 43.1 Å². The number of rotatable bonds is 5. The van der Waals surface area contributed by atoms with Gasteiger partial charge in [0, 0.05) is 50.1 Å². The summed E-state index contributed by atoms with van der Waals surface area (Å²) in [6.07, 6.45) is 8.98. The largest absolute Gasteiger partial charge is 0.404 e. The quantitative estimate of drug-likeness (QED) is 0.350. The standard InChI is InChI=1S/C25H29ClF2N8/c1-15-6-10-35-14-16(17-12-21(31-13-18(17)26)32-20(30-3)5-9-29)11-19(35)22-33-34-23(36(15)22)25(7-4-8-25)24(2,27)28/h5,9,11-15H,4,6-8,10,29H2,1-3H3,(H,30,31,32)/t15-/m0/s1. The fourth-order valence-corrected chi connectivity index (χ4v) is 5.42. The number of pyridine rings is 1. The fourth-order valence-electron chi connectivity index (χ4n) is 5.21. The summed E-state index contributed by atoms with van der Waals surface area (Å²) in [4.78, 5) is 8.48. The van der Waals surface area contributed by atoms with Gasteiger partial charge in [-0.25, -0.2) is 13.8 Å². The van der Waals surface area contributed by atoms with E-state index in [1.54, 1.807) is 19.3 Å². The Balaban J connectivity index is 1.57. The number of aromatic nitrogens is 5. The molecule has 0 amide bonds. The maximum absolute atomic E-state index is 14.8. The minimum absolute atomic E-state index is 0.00385. The van der Waals surface area contributed by atoms with Gasteiger partial charge in [0.05, 0.1) is 16.1 Å². The molecule has 1 fully saturated rings. The number of aliphatic imine (C=N–C) groups is 1. The van der Waals surface area contributed by atoms with Gasteiger partial charge in [0.1, 0.15) is 17.5 Å². The first kappa shape index (κ1) is 24.4. The van der Waals surface area contributed by atoms with Gasteiger partial charge in [0.2, 0.25) is 0 Å². The molecular weight excluding hydrogens is 486 g/mol. The number of anilines is 1. The Bertz CT molecular complexity index is 1350. The highest BCUT2D eigenvalue weighted by molar-refractivity contribution is 6.33. The number of amidine groups is 1. The minimum atomic E-state index is -2.87. The van der Waals surface area contributed by atoms with E-state index in [9.17, 15) is 8.78 Å². The zero-order valence-corrected chi connectivity index (χ0v) is 21.2. The molecule has 0 saturated heterocycles. The van der Waals surface area contributed by atoms with Crippen LogP contribution in [0.25, 0.3) is 22.6 Å². The van der Waals surface area contributed by atoms with Crippen LogP contribution < -0.4 is 11.1 Å². The van der Waals surface area contributed by atoms with Gasteiger partial charge in [-0.1, -0.05) is 18.0 Å². The molecule has 1 atom stereocenters. The number of nitrogens with zero attached hydrogens (tertiary/aromatic N) is 6. The van der Waals surface area contributed by atoms with E-state index in [4.69, 9.17) is 17.3 Å². The molecule has 0 bridgehead atoms. The second-order valence-corrected chi connectivity index (χ2v) is 10.0. The van der Waals surface area contributed by atoms with Crippen LogP contribution in [0.2, 0.25) is 5.02 Å². The molecule has 4 heterocycles. The second kappa shape index (κ2) is 8.99. The number of nitrogens with one attached hydrogen (secondary N) is 1. The molecule has 1 aliphatic heterocycles. The first-order valence-electron chi connectivity index (χ1n) is 12.0. The second-order valence-electron chi connectivity index (χ2n) is 9.63. The van der Waals surface area contributed by atoms with Crippen molar-refractivity contribution in [1.82, 2.24) is 24.3 Å². The maximum atomic E-state index is 14.8. The predicted octanol–water partition coefficient (Wildman–Crippen LogP) is 5.42. The molecule has 3 N–H and O–H groups in total. The van der Waals surface area contributed by atoms with Crippen molar-refractivity contribution in [3.8, 4) is 22.6 Å². The van der Waals surface area contributed by atoms with E-state index in [1.165, 1.54) is 6.20 Å². The monoisotopic (exact) mass is 514 g/mol. The van der Waals surface area contributed by atoms with Gasteiger partial charge in [-0.05, 0) is 50.6 Å². The average Bonchev–Trinajstić information content (AvgIpc) is 3.38. The molecule has 0 aromatic carbocycles. The lowest BCUT2D eigenvalue weighted by molar-refractivity contribution is -0.103. The van der Waals surface area contributed by atoms with Crippen molar-refractivity contribution >= 4 is 23.3 Å². The zero-order chi connectivity index (χ0) is 25.7. The molecule has 190 valence electrons. The van der Waals surface area contributed by atoms with Gasteiger partial charge in [-0.2, -0.15) is 0 Å². The average molecular weight is 515 g/mol. The summed E-state index contributed by atoms with van der Waals surface area (Å²) in [6, 6.07) is 3.82. The van der Waals surface area contributed by atoms with Crippen LogP contribution in [0.4, 0.5) is 14.6 Å². The number of alkyl halides is 2. The molecule has 0 spiro atoms. The molecule has 2 aliphatic rings. The van der Waals surface area contributed by atoms with Crippen LogP contribution in [0.1, 0.15) is 51.4 Å². The Kier molecular flexibility index (Phi) is 6.10. The lowest BCUT2D eigenvalue weighted by atomic mass is 9.64. The number of aryl methyl sites for hydroxylation is 1. The van der Waals surface area contributed by atoms with Gasteiger partial charge in [-0.15, -0.1) is 10.2 Å². The van der Waals surface area contributed by atoms with Crippen molar-refractivity contribution < 1.29 is 8.78 Å². The third-order valence-corrected chi connectivity index (χ3v) is 7.74. The smallest absolute Gasteiger partial charge is 0.257 e. The summed E-state index contributed by atoms with van der Waals surface area (Å²) in [7, 11) is 1.65. The minimum Gasteiger partial charge on any atom is -0.404 e. The normalized spacial score (nSPS) is 19.5. The lowest BCUT2D eigenvalue weighted by Crippen LogP contribution is -2.50. The Morgan fingerprint density at radius 3 is 2.75 bits per heavy atom. The predicted molar refractivity (Wildman–Crippen MR) is 137 cm³/mol. The van der Waals surface area contributed by atoms with Gasteiger partial charge >= 0.3 is 0 Å². The summed E-state index contributed by atoms with van der Waals surface area (Å²) in [6.45, 7) is 3.77. The number of nitrogens with two attached hydrogens (primary N) is 1. The van der Waals surface area contributed by atoms with E-state index < -0.39 is 11.3 Å². The highest BCUT2D eigenvalue weighted by atomic mass is 35.5. The van der Waals surface area contributed by atoms with Crippen molar-refractivity contribution in [2.75, 3.05) is 12.4 Å². The van der Waals surface area contributed by atoms with Crippen LogP contribution in [0, 0.1) is 0 Å². The molecule has 5 rings (SSSR count). The maximum Gasteiger partial charge on any atom is 0.257 e. The number of hydrogen-bond acceptors (Lipinski definition) is 5. The SMILES string of the molecule is CN=C(C=CN)Nc1cc(-c2cc3n(c2)CC[C@H](C)n2c-3nnc2C2(C(C)(F)F)CCC2)c(Cl)cn1. The van der Waals surface area contributed by atoms with Crippen LogP contribution in [-0.4, -0.2) is 43.1 Å². The van der Waals surface area contributed by atoms with Crippen molar-refractivity contribution in [1.29, 1.82) is 0 Å². The number of halogens is 3. The Hall–Kier alpha value is -3.27. The topological polar surface area (TPSA) is 98.9 Å². The third kappa shape index (κ3) is 3.87. The number of hydrogen-bond donors (Lipinski definition) is 2. The summed E-state index contributed by atoms with van der Waals surface area (Å²) in [5.74, 6) is -0.757. The van der Waals surface area contributed by atoms with Gasteiger partial charge in [0.15, 0.2) is 5.82 Å². The van der Waals surface area contributed by atoms with Crippen molar-refractivity contribution in [2.24, 2.45) is 10.7 Å². The van der Waals surface area contributed by atoms with E-state index >= 15 is 0 Å². The summed E-state index contributed by atoms with van der Waals surface area (Å²) >= 11 is 6.54. The molecule has 3 aromatic heterocycles. The zero-order valence-electron chi connectivity index (χ0n) is 20.5. The molecule has 3 aromatic rings. The summed E-state index contributed by atoms with van der Waals surface area (Å²) < 4.78 is 33.7. The molecule has 8 nitrogen and oxygen atoms in total. The van der Waals surface area contributed by atoms with Crippen molar-refractivity contribution in [2.45, 2.75) is 63.5 Å².